The summed E-state index contributed by atoms with van der Waals surface area (Å²) in [5.74, 6) is 0.763. The fraction of sp³-hybridized carbons (Fsp3) is 0.727. The van der Waals surface area contributed by atoms with Gasteiger partial charge in [0.05, 0.1) is 11.4 Å². The first kappa shape index (κ1) is 11.3. The summed E-state index contributed by atoms with van der Waals surface area (Å²) in [6, 6.07) is 0.607. The Labute approximate surface area is 96.1 Å². The lowest BCUT2D eigenvalue weighted by molar-refractivity contribution is 0.694. The molecule has 0 saturated heterocycles. The van der Waals surface area contributed by atoms with E-state index >= 15 is 0 Å². The smallest absolute Gasteiger partial charge is 0.245 e. The van der Waals surface area contributed by atoms with Crippen LogP contribution in [0.25, 0.3) is 0 Å². The molecule has 5 nitrogen and oxygen atoms in total. The third-order valence-corrected chi connectivity index (χ3v) is 2.93. The second kappa shape index (κ2) is 4.74. The summed E-state index contributed by atoms with van der Waals surface area (Å²) in [6.45, 7) is 5.55. The lowest BCUT2D eigenvalue weighted by atomic mass is 10.3. The van der Waals surface area contributed by atoms with E-state index in [4.69, 9.17) is 5.73 Å². The van der Waals surface area contributed by atoms with Crippen molar-refractivity contribution in [3.05, 3.63) is 11.4 Å². The van der Waals surface area contributed by atoms with Crippen molar-refractivity contribution in [3.8, 4) is 0 Å². The fourth-order valence-corrected chi connectivity index (χ4v) is 1.66. The van der Waals surface area contributed by atoms with Gasteiger partial charge >= 0.3 is 0 Å². The quantitative estimate of drug-likeness (QED) is 0.796. The first-order chi connectivity index (χ1) is 7.72. The van der Waals surface area contributed by atoms with Gasteiger partial charge in [0.25, 0.3) is 0 Å². The molecule has 0 aromatic carbocycles. The van der Waals surface area contributed by atoms with Gasteiger partial charge in [-0.2, -0.15) is 5.10 Å². The topological polar surface area (TPSA) is 67.9 Å². The van der Waals surface area contributed by atoms with Gasteiger partial charge in [-0.1, -0.05) is 0 Å². The third-order valence-electron chi connectivity index (χ3n) is 2.93. The molecule has 2 rings (SSSR count). The summed E-state index contributed by atoms with van der Waals surface area (Å²) in [5, 5.41) is 8.31. The Morgan fingerprint density at radius 3 is 2.56 bits per heavy atom. The molecule has 0 atom stereocenters. The highest BCUT2D eigenvalue weighted by molar-refractivity contribution is 5.33. The maximum Gasteiger partial charge on any atom is 0.245 e. The van der Waals surface area contributed by atoms with Gasteiger partial charge in [-0.15, -0.1) is 5.10 Å². The first-order valence-electron chi connectivity index (χ1n) is 5.87. The van der Waals surface area contributed by atoms with E-state index in [9.17, 15) is 0 Å². The lowest BCUT2D eigenvalue weighted by Crippen LogP contribution is -2.30. The molecule has 1 aromatic heterocycles. The summed E-state index contributed by atoms with van der Waals surface area (Å²) in [6.07, 6.45) is 3.45. The molecule has 0 amide bonds. The molecule has 0 bridgehead atoms. The van der Waals surface area contributed by atoms with Gasteiger partial charge in [-0.05, 0) is 39.7 Å². The van der Waals surface area contributed by atoms with E-state index < -0.39 is 0 Å². The number of rotatable bonds is 5. The van der Waals surface area contributed by atoms with Crippen molar-refractivity contribution in [2.75, 3.05) is 18.0 Å². The minimum atomic E-state index is 0.607. The van der Waals surface area contributed by atoms with Crippen molar-refractivity contribution in [3.63, 3.8) is 0 Å². The first-order valence-corrected chi connectivity index (χ1v) is 5.87. The van der Waals surface area contributed by atoms with Gasteiger partial charge in [-0.3, -0.25) is 0 Å². The average Bonchev–Trinajstić information content (AvgIpc) is 3.08. The summed E-state index contributed by atoms with van der Waals surface area (Å²) in [5.41, 5.74) is 7.41. The Kier molecular flexibility index (Phi) is 3.33. The highest BCUT2D eigenvalue weighted by atomic mass is 15.3. The lowest BCUT2D eigenvalue weighted by Gasteiger charge is -2.21. The molecule has 1 fully saturated rings. The monoisotopic (exact) mass is 221 g/mol. The van der Waals surface area contributed by atoms with E-state index in [0.717, 1.165) is 30.3 Å². The predicted octanol–water partition coefficient (Wildman–Crippen LogP) is 0.806. The molecule has 5 heteroatoms. The van der Waals surface area contributed by atoms with E-state index in [-0.39, 0.29) is 0 Å². The van der Waals surface area contributed by atoms with Gasteiger partial charge in [0.2, 0.25) is 5.95 Å². The molecular formula is C11H19N5. The van der Waals surface area contributed by atoms with Gasteiger partial charge in [0.15, 0.2) is 0 Å². The maximum absolute atomic E-state index is 5.55. The Bertz CT molecular complexity index is 361. The molecule has 1 aliphatic carbocycles. The van der Waals surface area contributed by atoms with E-state index in [1.807, 2.05) is 13.8 Å². The van der Waals surface area contributed by atoms with E-state index in [1.165, 1.54) is 12.8 Å². The molecule has 88 valence electrons. The standard InChI is InChI=1S/C11H19N5/c1-8-9(2)14-15-11(13-8)16(7-3-6-12)10-4-5-10/h10H,3-7,12H2,1-2H3. The van der Waals surface area contributed by atoms with Crippen molar-refractivity contribution >= 4 is 5.95 Å². The predicted molar refractivity (Wildman–Crippen MR) is 63.3 cm³/mol. The van der Waals surface area contributed by atoms with Crippen LogP contribution >= 0.6 is 0 Å². The highest BCUT2D eigenvalue weighted by Gasteiger charge is 2.30. The van der Waals surface area contributed by atoms with Crippen LogP contribution in [0.5, 0.6) is 0 Å². The second-order valence-corrected chi connectivity index (χ2v) is 4.35. The maximum atomic E-state index is 5.55. The largest absolute Gasteiger partial charge is 0.336 e. The SMILES string of the molecule is Cc1nnc(N(CCCN)C2CC2)nc1C. The van der Waals surface area contributed by atoms with Crippen LogP contribution in [0.4, 0.5) is 5.95 Å². The molecule has 0 aliphatic heterocycles. The number of aryl methyl sites for hydroxylation is 2. The number of nitrogens with zero attached hydrogens (tertiary/aromatic N) is 4. The average molecular weight is 221 g/mol. The van der Waals surface area contributed by atoms with Crippen LogP contribution in [-0.2, 0) is 0 Å². The Morgan fingerprint density at radius 1 is 1.25 bits per heavy atom. The molecule has 0 radical (unpaired) electrons. The van der Waals surface area contributed by atoms with E-state index in [2.05, 4.69) is 20.1 Å². The van der Waals surface area contributed by atoms with Gasteiger partial charge in [0, 0.05) is 12.6 Å². The van der Waals surface area contributed by atoms with Crippen molar-refractivity contribution in [2.24, 2.45) is 5.73 Å². The molecule has 0 spiro atoms. The van der Waals surface area contributed by atoms with Crippen molar-refractivity contribution in [1.82, 2.24) is 15.2 Å². The summed E-state index contributed by atoms with van der Waals surface area (Å²) in [4.78, 5) is 6.74. The summed E-state index contributed by atoms with van der Waals surface area (Å²) >= 11 is 0. The van der Waals surface area contributed by atoms with Crippen LogP contribution in [0.3, 0.4) is 0 Å². The van der Waals surface area contributed by atoms with Crippen molar-refractivity contribution in [2.45, 2.75) is 39.2 Å². The Hall–Kier alpha value is -1.23. The molecule has 1 aromatic rings. The van der Waals surface area contributed by atoms with Crippen LogP contribution in [0.2, 0.25) is 0 Å². The number of hydrogen-bond donors (Lipinski definition) is 1. The minimum absolute atomic E-state index is 0.607. The summed E-state index contributed by atoms with van der Waals surface area (Å²) < 4.78 is 0. The molecular weight excluding hydrogens is 202 g/mol. The number of nitrogens with two attached hydrogens (primary N) is 1. The van der Waals surface area contributed by atoms with Crippen LogP contribution < -0.4 is 10.6 Å². The highest BCUT2D eigenvalue weighted by Crippen LogP contribution is 2.29. The molecule has 2 N–H and O–H groups in total. The van der Waals surface area contributed by atoms with E-state index in [1.54, 1.807) is 0 Å². The minimum Gasteiger partial charge on any atom is -0.336 e. The van der Waals surface area contributed by atoms with Gasteiger partial charge in [-0.25, -0.2) is 4.98 Å². The summed E-state index contributed by atoms with van der Waals surface area (Å²) in [7, 11) is 0. The fourth-order valence-electron chi connectivity index (χ4n) is 1.66. The number of aromatic nitrogens is 3. The van der Waals surface area contributed by atoms with Crippen molar-refractivity contribution in [1.29, 1.82) is 0 Å². The molecule has 1 saturated carbocycles. The molecule has 1 heterocycles. The van der Waals surface area contributed by atoms with Crippen molar-refractivity contribution < 1.29 is 0 Å². The van der Waals surface area contributed by atoms with Gasteiger partial charge < -0.3 is 10.6 Å². The number of anilines is 1. The third kappa shape index (κ3) is 2.47. The second-order valence-electron chi connectivity index (χ2n) is 4.35. The normalized spacial score (nSPS) is 15.2. The van der Waals surface area contributed by atoms with E-state index in [0.29, 0.717) is 12.6 Å². The zero-order chi connectivity index (χ0) is 11.5. The Morgan fingerprint density at radius 2 is 2.00 bits per heavy atom. The molecule has 0 unspecified atom stereocenters. The number of hydrogen-bond acceptors (Lipinski definition) is 5. The molecule has 16 heavy (non-hydrogen) atoms. The van der Waals surface area contributed by atoms with Crippen LogP contribution in [0, 0.1) is 13.8 Å². The zero-order valence-electron chi connectivity index (χ0n) is 9.98. The zero-order valence-corrected chi connectivity index (χ0v) is 9.98. The van der Waals surface area contributed by atoms with Crippen LogP contribution in [0.1, 0.15) is 30.7 Å². The van der Waals surface area contributed by atoms with Crippen LogP contribution in [-0.4, -0.2) is 34.3 Å². The van der Waals surface area contributed by atoms with Gasteiger partial charge in [0.1, 0.15) is 0 Å². The molecule has 1 aliphatic rings. The Balaban J connectivity index is 2.14. The van der Waals surface area contributed by atoms with Crippen LogP contribution in [0.15, 0.2) is 0 Å².